The van der Waals surface area contributed by atoms with Crippen molar-refractivity contribution in [3.63, 3.8) is 0 Å². The van der Waals surface area contributed by atoms with Gasteiger partial charge in [-0.25, -0.2) is 0 Å². The number of ether oxygens (including phenoxy) is 1. The molecule has 2 rings (SSSR count). The van der Waals surface area contributed by atoms with Crippen molar-refractivity contribution in [1.29, 1.82) is 0 Å². The molecular formula is C19H28O. The van der Waals surface area contributed by atoms with Crippen LogP contribution in [0.25, 0.3) is 0 Å². The van der Waals surface area contributed by atoms with Gasteiger partial charge in [-0.15, -0.1) is 6.58 Å². The highest BCUT2D eigenvalue weighted by molar-refractivity contribution is 5.25. The summed E-state index contributed by atoms with van der Waals surface area (Å²) in [7, 11) is 0. The highest BCUT2D eigenvalue weighted by atomic mass is 16.5. The summed E-state index contributed by atoms with van der Waals surface area (Å²) < 4.78 is 5.45. The molecule has 1 aliphatic carbocycles. The van der Waals surface area contributed by atoms with Gasteiger partial charge in [-0.3, -0.25) is 0 Å². The van der Waals surface area contributed by atoms with E-state index in [2.05, 4.69) is 36.9 Å². The molecule has 0 spiro atoms. The fraction of sp³-hybridized carbons (Fsp3) is 0.579. The standard InChI is InChI=1S/C19H28O/c1-3-5-6-16-7-11-18(12-8-16)19-13-9-17(10-14-19)15-20-4-2/h3,9-10,13-14,16,18H,1,4-8,11-12,15H2,2H3/t16-,18-. The molecule has 0 saturated heterocycles. The Morgan fingerprint density at radius 3 is 2.45 bits per heavy atom. The van der Waals surface area contributed by atoms with Crippen LogP contribution in [0, 0.1) is 5.92 Å². The molecular weight excluding hydrogens is 244 g/mol. The van der Waals surface area contributed by atoms with Crippen LogP contribution in [0.5, 0.6) is 0 Å². The summed E-state index contributed by atoms with van der Waals surface area (Å²) >= 11 is 0. The third-order valence-corrected chi connectivity index (χ3v) is 4.55. The van der Waals surface area contributed by atoms with Crippen molar-refractivity contribution in [2.24, 2.45) is 5.92 Å². The van der Waals surface area contributed by atoms with Gasteiger partial charge >= 0.3 is 0 Å². The molecule has 0 aliphatic heterocycles. The molecule has 0 amide bonds. The second-order valence-corrected chi connectivity index (χ2v) is 5.96. The largest absolute Gasteiger partial charge is 0.377 e. The van der Waals surface area contributed by atoms with E-state index in [4.69, 9.17) is 4.74 Å². The highest BCUT2D eigenvalue weighted by Crippen LogP contribution is 2.37. The molecule has 0 heterocycles. The van der Waals surface area contributed by atoms with Gasteiger partial charge in [0.05, 0.1) is 6.61 Å². The summed E-state index contributed by atoms with van der Waals surface area (Å²) in [5.74, 6) is 1.71. The van der Waals surface area contributed by atoms with Crippen molar-refractivity contribution in [3.8, 4) is 0 Å². The molecule has 0 aromatic heterocycles. The van der Waals surface area contributed by atoms with E-state index in [9.17, 15) is 0 Å². The molecule has 1 aliphatic rings. The molecule has 1 fully saturated rings. The molecule has 0 unspecified atom stereocenters. The fourth-order valence-electron chi connectivity index (χ4n) is 3.24. The Bertz CT molecular complexity index is 385. The van der Waals surface area contributed by atoms with Crippen LogP contribution in [0.1, 0.15) is 62.5 Å². The van der Waals surface area contributed by atoms with E-state index < -0.39 is 0 Å². The molecule has 1 heteroatoms. The lowest BCUT2D eigenvalue weighted by molar-refractivity contribution is 0.134. The van der Waals surface area contributed by atoms with Crippen LogP contribution in [-0.2, 0) is 11.3 Å². The first-order chi connectivity index (χ1) is 9.83. The third-order valence-electron chi connectivity index (χ3n) is 4.55. The van der Waals surface area contributed by atoms with E-state index in [0.29, 0.717) is 0 Å². The van der Waals surface area contributed by atoms with E-state index >= 15 is 0 Å². The maximum atomic E-state index is 5.45. The lowest BCUT2D eigenvalue weighted by atomic mass is 9.77. The van der Waals surface area contributed by atoms with E-state index in [1.165, 1.54) is 49.7 Å². The van der Waals surface area contributed by atoms with Crippen molar-refractivity contribution < 1.29 is 4.74 Å². The van der Waals surface area contributed by atoms with Crippen molar-refractivity contribution in [3.05, 3.63) is 48.0 Å². The van der Waals surface area contributed by atoms with Gasteiger partial charge in [0.25, 0.3) is 0 Å². The average Bonchev–Trinajstić information content (AvgIpc) is 2.52. The van der Waals surface area contributed by atoms with Crippen LogP contribution in [0.3, 0.4) is 0 Å². The van der Waals surface area contributed by atoms with Crippen molar-refractivity contribution in [2.75, 3.05) is 6.61 Å². The first-order valence-electron chi connectivity index (χ1n) is 8.11. The van der Waals surface area contributed by atoms with E-state index in [1.54, 1.807) is 0 Å². The van der Waals surface area contributed by atoms with Gasteiger partial charge in [-0.2, -0.15) is 0 Å². The second kappa shape index (κ2) is 8.26. The van der Waals surface area contributed by atoms with Crippen molar-refractivity contribution in [1.82, 2.24) is 0 Å². The normalized spacial score (nSPS) is 22.6. The van der Waals surface area contributed by atoms with Gasteiger partial charge in [0.1, 0.15) is 0 Å². The first kappa shape index (κ1) is 15.3. The summed E-state index contributed by atoms with van der Waals surface area (Å²) in [6.45, 7) is 7.40. The Kier molecular flexibility index (Phi) is 6.32. The van der Waals surface area contributed by atoms with Crippen LogP contribution in [0.15, 0.2) is 36.9 Å². The van der Waals surface area contributed by atoms with Gasteiger partial charge in [0.2, 0.25) is 0 Å². The van der Waals surface area contributed by atoms with Crippen molar-refractivity contribution in [2.45, 2.75) is 58.0 Å². The Morgan fingerprint density at radius 1 is 1.15 bits per heavy atom. The minimum atomic E-state index is 0.741. The molecule has 1 aromatic carbocycles. The molecule has 0 radical (unpaired) electrons. The SMILES string of the molecule is C=CCC[C@H]1CC[C@H](c2ccc(COCC)cc2)CC1. The zero-order valence-electron chi connectivity index (χ0n) is 12.8. The zero-order valence-corrected chi connectivity index (χ0v) is 12.8. The molecule has 0 atom stereocenters. The van der Waals surface area contributed by atoms with Crippen LogP contribution < -0.4 is 0 Å². The topological polar surface area (TPSA) is 9.23 Å². The summed E-state index contributed by atoms with van der Waals surface area (Å²) in [6, 6.07) is 9.08. The molecule has 0 N–H and O–H groups in total. The maximum Gasteiger partial charge on any atom is 0.0716 e. The average molecular weight is 272 g/mol. The van der Waals surface area contributed by atoms with Crippen molar-refractivity contribution >= 4 is 0 Å². The Balaban J connectivity index is 1.82. The van der Waals surface area contributed by atoms with E-state index in [1.807, 2.05) is 6.92 Å². The number of hydrogen-bond acceptors (Lipinski definition) is 1. The molecule has 1 saturated carbocycles. The molecule has 110 valence electrons. The predicted octanol–water partition coefficient (Wildman–Crippen LogP) is 5.46. The second-order valence-electron chi connectivity index (χ2n) is 5.96. The summed E-state index contributed by atoms with van der Waals surface area (Å²) in [5.41, 5.74) is 2.81. The van der Waals surface area contributed by atoms with Gasteiger partial charge in [-0.1, -0.05) is 30.3 Å². The predicted molar refractivity (Wildman–Crippen MR) is 85.9 cm³/mol. The van der Waals surface area contributed by atoms with E-state index in [-0.39, 0.29) is 0 Å². The van der Waals surface area contributed by atoms with Crippen LogP contribution in [0.4, 0.5) is 0 Å². The first-order valence-corrected chi connectivity index (χ1v) is 8.11. The lowest BCUT2D eigenvalue weighted by Gasteiger charge is -2.28. The van der Waals surface area contributed by atoms with Gasteiger partial charge in [0, 0.05) is 6.61 Å². The summed E-state index contributed by atoms with van der Waals surface area (Å²) in [5, 5.41) is 0. The van der Waals surface area contributed by atoms with Gasteiger partial charge in [0.15, 0.2) is 0 Å². The number of rotatable bonds is 7. The molecule has 0 bridgehead atoms. The quantitative estimate of drug-likeness (QED) is 0.599. The third kappa shape index (κ3) is 4.49. The van der Waals surface area contributed by atoms with E-state index in [0.717, 1.165) is 25.0 Å². The highest BCUT2D eigenvalue weighted by Gasteiger charge is 2.21. The smallest absolute Gasteiger partial charge is 0.0716 e. The van der Waals surface area contributed by atoms with Crippen LogP contribution >= 0.6 is 0 Å². The fourth-order valence-corrected chi connectivity index (χ4v) is 3.24. The minimum absolute atomic E-state index is 0.741. The lowest BCUT2D eigenvalue weighted by Crippen LogP contribution is -2.13. The minimum Gasteiger partial charge on any atom is -0.377 e. The monoisotopic (exact) mass is 272 g/mol. The molecule has 1 nitrogen and oxygen atoms in total. The Morgan fingerprint density at radius 2 is 1.85 bits per heavy atom. The number of hydrogen-bond donors (Lipinski definition) is 0. The molecule has 1 aromatic rings. The number of allylic oxidation sites excluding steroid dienone is 1. The van der Waals surface area contributed by atoms with Gasteiger partial charge < -0.3 is 4.74 Å². The molecule has 20 heavy (non-hydrogen) atoms. The van der Waals surface area contributed by atoms with Crippen LogP contribution in [0.2, 0.25) is 0 Å². The summed E-state index contributed by atoms with van der Waals surface area (Å²) in [4.78, 5) is 0. The summed E-state index contributed by atoms with van der Waals surface area (Å²) in [6.07, 6.45) is 10.1. The van der Waals surface area contributed by atoms with Gasteiger partial charge in [-0.05, 0) is 68.4 Å². The van der Waals surface area contributed by atoms with Crippen LogP contribution in [-0.4, -0.2) is 6.61 Å². The Labute approximate surface area is 124 Å². The zero-order chi connectivity index (χ0) is 14.2. The number of benzene rings is 1. The maximum absolute atomic E-state index is 5.45. The Hall–Kier alpha value is -1.08.